The fourth-order valence-electron chi connectivity index (χ4n) is 3.62. The molecule has 30 heavy (non-hydrogen) atoms. The Hall–Kier alpha value is -4.04. The van der Waals surface area contributed by atoms with Crippen LogP contribution in [0.1, 0.15) is 22.5 Å². The summed E-state index contributed by atoms with van der Waals surface area (Å²) in [6.07, 6.45) is 3.21. The molecule has 0 bridgehead atoms. The number of H-pyrrole nitrogens is 1. The Morgan fingerprint density at radius 2 is 1.97 bits per heavy atom. The van der Waals surface area contributed by atoms with Gasteiger partial charge in [-0.2, -0.15) is 5.26 Å². The van der Waals surface area contributed by atoms with Crippen LogP contribution in [0.5, 0.6) is 0 Å². The van der Waals surface area contributed by atoms with E-state index < -0.39 is 5.91 Å². The molecule has 0 aliphatic carbocycles. The van der Waals surface area contributed by atoms with Gasteiger partial charge in [-0.15, -0.1) is 0 Å². The first kappa shape index (κ1) is 19.3. The van der Waals surface area contributed by atoms with Gasteiger partial charge in [-0.05, 0) is 49.2 Å². The van der Waals surface area contributed by atoms with Crippen molar-refractivity contribution in [2.45, 2.75) is 20.4 Å². The first-order valence-corrected chi connectivity index (χ1v) is 9.67. The standard InChI is InChI=1S/C25H21N3O2/c1-16-11-17(2)23-21(12-16)22(24(28-23)18-7-4-3-5-8-18)13-19(14-26)25(29)27-15-20-9-6-10-30-20/h3-13,28H,15H2,1-2H3,(H,27,29)/b19-13-. The van der Waals surface area contributed by atoms with Gasteiger partial charge in [0.15, 0.2) is 0 Å². The van der Waals surface area contributed by atoms with E-state index in [1.54, 1.807) is 24.5 Å². The van der Waals surface area contributed by atoms with E-state index in [1.807, 2.05) is 43.3 Å². The van der Waals surface area contributed by atoms with Gasteiger partial charge in [0.05, 0.1) is 18.5 Å². The van der Waals surface area contributed by atoms with Gasteiger partial charge in [-0.3, -0.25) is 4.79 Å². The number of amides is 1. The Balaban J connectivity index is 1.81. The molecule has 0 aliphatic heterocycles. The van der Waals surface area contributed by atoms with Crippen LogP contribution in [-0.2, 0) is 11.3 Å². The molecule has 5 heteroatoms. The Kier molecular flexibility index (Phi) is 5.23. The van der Waals surface area contributed by atoms with Crippen LogP contribution in [0.15, 0.2) is 70.9 Å². The average Bonchev–Trinajstić information content (AvgIpc) is 3.39. The summed E-state index contributed by atoms with van der Waals surface area (Å²) < 4.78 is 5.24. The number of fused-ring (bicyclic) bond motifs is 1. The van der Waals surface area contributed by atoms with Crippen LogP contribution in [-0.4, -0.2) is 10.9 Å². The van der Waals surface area contributed by atoms with Crippen LogP contribution in [0, 0.1) is 25.2 Å². The zero-order valence-electron chi connectivity index (χ0n) is 16.8. The van der Waals surface area contributed by atoms with Crippen LogP contribution in [0.4, 0.5) is 0 Å². The molecular weight excluding hydrogens is 374 g/mol. The fourth-order valence-corrected chi connectivity index (χ4v) is 3.62. The average molecular weight is 395 g/mol. The van der Waals surface area contributed by atoms with Crippen LogP contribution in [0.2, 0.25) is 0 Å². The molecule has 0 atom stereocenters. The molecule has 0 radical (unpaired) electrons. The van der Waals surface area contributed by atoms with E-state index in [0.29, 0.717) is 5.76 Å². The minimum Gasteiger partial charge on any atom is -0.467 e. The maximum Gasteiger partial charge on any atom is 0.262 e. The molecular formula is C25H21N3O2. The van der Waals surface area contributed by atoms with E-state index in [1.165, 1.54) is 0 Å². The fraction of sp³-hybridized carbons (Fsp3) is 0.120. The molecule has 0 fully saturated rings. The molecule has 4 aromatic rings. The lowest BCUT2D eigenvalue weighted by Crippen LogP contribution is -2.23. The molecule has 0 spiro atoms. The second-order valence-electron chi connectivity index (χ2n) is 7.22. The molecule has 2 aromatic carbocycles. The van der Waals surface area contributed by atoms with Crippen molar-refractivity contribution in [3.8, 4) is 17.3 Å². The molecule has 1 amide bonds. The molecule has 4 rings (SSSR count). The maximum atomic E-state index is 12.7. The van der Waals surface area contributed by atoms with E-state index in [-0.39, 0.29) is 12.1 Å². The molecule has 0 saturated carbocycles. The number of aryl methyl sites for hydroxylation is 2. The first-order valence-electron chi connectivity index (χ1n) is 9.67. The van der Waals surface area contributed by atoms with E-state index in [4.69, 9.17) is 4.42 Å². The smallest absolute Gasteiger partial charge is 0.262 e. The van der Waals surface area contributed by atoms with Crippen LogP contribution in [0.25, 0.3) is 28.2 Å². The van der Waals surface area contributed by atoms with Crippen LogP contribution >= 0.6 is 0 Å². The molecule has 0 saturated heterocycles. The Morgan fingerprint density at radius 1 is 1.17 bits per heavy atom. The third-order valence-corrected chi connectivity index (χ3v) is 5.01. The van der Waals surface area contributed by atoms with Gasteiger partial charge in [0.1, 0.15) is 17.4 Å². The number of carbonyl (C=O) groups excluding carboxylic acids is 1. The maximum absolute atomic E-state index is 12.7. The van der Waals surface area contributed by atoms with Crippen molar-refractivity contribution in [2.75, 3.05) is 0 Å². The zero-order chi connectivity index (χ0) is 21.1. The summed E-state index contributed by atoms with van der Waals surface area (Å²) in [4.78, 5) is 16.2. The van der Waals surface area contributed by atoms with E-state index in [9.17, 15) is 10.1 Å². The SMILES string of the molecule is Cc1cc(C)c2[nH]c(-c3ccccc3)c(/C=C(/C#N)C(=O)NCc3ccco3)c2c1. The molecule has 0 aliphatic rings. The third-order valence-electron chi connectivity index (χ3n) is 5.01. The first-order chi connectivity index (χ1) is 14.6. The van der Waals surface area contributed by atoms with Gasteiger partial charge >= 0.3 is 0 Å². The summed E-state index contributed by atoms with van der Waals surface area (Å²) in [5.74, 6) is 0.190. The van der Waals surface area contributed by atoms with Crippen molar-refractivity contribution < 1.29 is 9.21 Å². The highest BCUT2D eigenvalue weighted by atomic mass is 16.3. The number of nitriles is 1. The number of hydrogen-bond acceptors (Lipinski definition) is 3. The Morgan fingerprint density at radius 3 is 2.67 bits per heavy atom. The minimum absolute atomic E-state index is 0.0406. The predicted octanol–water partition coefficient (Wildman–Crippen LogP) is 5.27. The second kappa shape index (κ2) is 8.14. The summed E-state index contributed by atoms with van der Waals surface area (Å²) in [7, 11) is 0. The number of aromatic amines is 1. The molecule has 2 heterocycles. The number of benzene rings is 2. The van der Waals surface area contributed by atoms with Crippen molar-refractivity contribution in [3.63, 3.8) is 0 Å². The van der Waals surface area contributed by atoms with Crippen molar-refractivity contribution >= 4 is 22.9 Å². The number of hydrogen-bond donors (Lipinski definition) is 2. The van der Waals surface area contributed by atoms with Crippen molar-refractivity contribution in [3.05, 3.63) is 88.9 Å². The topological polar surface area (TPSA) is 81.8 Å². The summed E-state index contributed by atoms with van der Waals surface area (Å²) >= 11 is 0. The van der Waals surface area contributed by atoms with Gasteiger partial charge < -0.3 is 14.7 Å². The summed E-state index contributed by atoms with van der Waals surface area (Å²) in [6.45, 7) is 4.31. The van der Waals surface area contributed by atoms with Crippen LogP contribution < -0.4 is 5.32 Å². The van der Waals surface area contributed by atoms with Crippen molar-refractivity contribution in [1.29, 1.82) is 5.26 Å². The molecule has 148 valence electrons. The Labute approximate surface area is 174 Å². The number of carbonyl (C=O) groups is 1. The molecule has 0 unspecified atom stereocenters. The number of rotatable bonds is 5. The van der Waals surface area contributed by atoms with Gasteiger partial charge in [0.2, 0.25) is 0 Å². The van der Waals surface area contributed by atoms with Crippen molar-refractivity contribution in [1.82, 2.24) is 10.3 Å². The Bertz CT molecular complexity index is 1270. The van der Waals surface area contributed by atoms with E-state index >= 15 is 0 Å². The number of aromatic nitrogens is 1. The van der Waals surface area contributed by atoms with Gasteiger partial charge in [0, 0.05) is 16.5 Å². The summed E-state index contributed by atoms with van der Waals surface area (Å²) in [5.41, 5.74) is 5.97. The lowest BCUT2D eigenvalue weighted by molar-refractivity contribution is -0.117. The largest absolute Gasteiger partial charge is 0.467 e. The highest BCUT2D eigenvalue weighted by Gasteiger charge is 2.17. The molecule has 2 aromatic heterocycles. The van der Waals surface area contributed by atoms with Gasteiger partial charge in [-0.1, -0.05) is 42.0 Å². The quantitative estimate of drug-likeness (QED) is 0.357. The third kappa shape index (κ3) is 3.76. The lowest BCUT2D eigenvalue weighted by atomic mass is 10.0. The predicted molar refractivity (Wildman–Crippen MR) is 117 cm³/mol. The lowest BCUT2D eigenvalue weighted by Gasteiger charge is -2.04. The van der Waals surface area contributed by atoms with Gasteiger partial charge in [-0.25, -0.2) is 0 Å². The summed E-state index contributed by atoms with van der Waals surface area (Å²) in [6, 6.07) is 19.7. The monoisotopic (exact) mass is 395 g/mol. The van der Waals surface area contributed by atoms with E-state index in [2.05, 4.69) is 29.4 Å². The van der Waals surface area contributed by atoms with Crippen LogP contribution in [0.3, 0.4) is 0 Å². The normalized spacial score (nSPS) is 11.4. The zero-order valence-corrected chi connectivity index (χ0v) is 16.8. The van der Waals surface area contributed by atoms with Gasteiger partial charge in [0.25, 0.3) is 5.91 Å². The second-order valence-corrected chi connectivity index (χ2v) is 7.22. The minimum atomic E-state index is -0.438. The number of furan rings is 1. The number of nitrogens with one attached hydrogen (secondary N) is 2. The van der Waals surface area contributed by atoms with Crippen molar-refractivity contribution in [2.24, 2.45) is 0 Å². The highest BCUT2D eigenvalue weighted by Crippen LogP contribution is 2.34. The van der Waals surface area contributed by atoms with E-state index in [0.717, 1.165) is 38.9 Å². The number of nitrogens with zero attached hydrogens (tertiary/aromatic N) is 1. The molecule has 2 N–H and O–H groups in total. The highest BCUT2D eigenvalue weighted by molar-refractivity contribution is 6.06. The summed E-state index contributed by atoms with van der Waals surface area (Å²) in [5, 5.41) is 13.4. The molecule has 5 nitrogen and oxygen atoms in total.